The first-order chi connectivity index (χ1) is 9.70. The van der Waals surface area contributed by atoms with Crippen molar-refractivity contribution >= 4 is 18.0 Å². The third-order valence-electron chi connectivity index (χ3n) is 4.19. The third-order valence-corrected chi connectivity index (χ3v) is 4.19. The van der Waals surface area contributed by atoms with Gasteiger partial charge >= 0.3 is 12.1 Å². The molecule has 0 aromatic heterocycles. The number of amides is 2. The van der Waals surface area contributed by atoms with Gasteiger partial charge in [-0.1, -0.05) is 12.8 Å². The van der Waals surface area contributed by atoms with Crippen molar-refractivity contribution in [2.24, 2.45) is 5.41 Å². The predicted octanol–water partition coefficient (Wildman–Crippen LogP) is 2.26. The van der Waals surface area contributed by atoms with Gasteiger partial charge in [-0.25, -0.2) is 14.5 Å². The number of ether oxygens (including phenoxy) is 2. The molecule has 6 nitrogen and oxygen atoms in total. The Labute approximate surface area is 124 Å². The first-order valence-electron chi connectivity index (χ1n) is 7.35. The molecule has 2 fully saturated rings. The molecular weight excluding hydrogens is 274 g/mol. The van der Waals surface area contributed by atoms with Crippen LogP contribution in [0.15, 0.2) is 0 Å². The minimum atomic E-state index is -0.865. The molecule has 1 heterocycles. The zero-order chi connectivity index (χ0) is 15.8. The average molecular weight is 297 g/mol. The minimum Gasteiger partial charge on any atom is -0.467 e. The van der Waals surface area contributed by atoms with Crippen molar-refractivity contribution < 1.29 is 23.9 Å². The fourth-order valence-corrected chi connectivity index (χ4v) is 3.26. The maximum Gasteiger partial charge on any atom is 0.417 e. The molecule has 1 spiro atoms. The number of methoxy groups -OCH3 is 1. The van der Waals surface area contributed by atoms with Crippen LogP contribution in [0.5, 0.6) is 0 Å². The van der Waals surface area contributed by atoms with Crippen LogP contribution in [0, 0.1) is 5.41 Å². The molecule has 0 unspecified atom stereocenters. The van der Waals surface area contributed by atoms with Crippen LogP contribution in [0.2, 0.25) is 0 Å². The minimum absolute atomic E-state index is 0.287. The largest absolute Gasteiger partial charge is 0.467 e. The second-order valence-corrected chi connectivity index (χ2v) is 6.89. The zero-order valence-electron chi connectivity index (χ0n) is 13.1. The van der Waals surface area contributed by atoms with Crippen LogP contribution in [-0.4, -0.2) is 41.6 Å². The summed E-state index contributed by atoms with van der Waals surface area (Å²) in [6.07, 6.45) is 2.92. The Balaban J connectivity index is 2.28. The Hall–Kier alpha value is -1.59. The molecule has 1 atom stereocenters. The summed E-state index contributed by atoms with van der Waals surface area (Å²) in [5.41, 5.74) is -1.31. The third kappa shape index (κ3) is 2.89. The van der Waals surface area contributed by atoms with Crippen LogP contribution in [0.4, 0.5) is 4.79 Å². The van der Waals surface area contributed by atoms with Crippen LogP contribution >= 0.6 is 0 Å². The topological polar surface area (TPSA) is 72.9 Å². The second-order valence-electron chi connectivity index (χ2n) is 6.89. The Morgan fingerprint density at radius 2 is 1.81 bits per heavy atom. The summed E-state index contributed by atoms with van der Waals surface area (Å²) in [6, 6.07) is -0.865. The quantitative estimate of drug-likeness (QED) is 0.694. The van der Waals surface area contributed by atoms with Gasteiger partial charge in [0, 0.05) is 0 Å². The predicted molar refractivity (Wildman–Crippen MR) is 74.4 cm³/mol. The molecule has 6 heteroatoms. The van der Waals surface area contributed by atoms with Crippen LogP contribution in [0.1, 0.15) is 52.9 Å². The van der Waals surface area contributed by atoms with E-state index in [9.17, 15) is 14.4 Å². The highest BCUT2D eigenvalue weighted by Gasteiger charge is 2.58. The number of esters is 1. The maximum atomic E-state index is 12.7. The average Bonchev–Trinajstić information content (AvgIpc) is 2.94. The number of carbonyl (C=O) groups excluding carboxylic acids is 3. The second kappa shape index (κ2) is 5.31. The highest BCUT2D eigenvalue weighted by atomic mass is 16.6. The number of carbonyl (C=O) groups is 3. The number of rotatable bonds is 1. The van der Waals surface area contributed by atoms with Gasteiger partial charge in [-0.15, -0.1) is 0 Å². The van der Waals surface area contributed by atoms with Gasteiger partial charge in [-0.05, 0) is 40.0 Å². The Bertz CT molecular complexity index is 459. The lowest BCUT2D eigenvalue weighted by molar-refractivity contribution is -0.149. The van der Waals surface area contributed by atoms with Gasteiger partial charge in [0.15, 0.2) is 0 Å². The van der Waals surface area contributed by atoms with Gasteiger partial charge in [0.2, 0.25) is 5.91 Å². The fourth-order valence-electron chi connectivity index (χ4n) is 3.26. The molecule has 0 bridgehead atoms. The normalized spacial score (nSPS) is 24.5. The van der Waals surface area contributed by atoms with Gasteiger partial charge in [0.1, 0.15) is 11.6 Å². The Kier molecular flexibility index (Phi) is 4.00. The van der Waals surface area contributed by atoms with E-state index in [1.165, 1.54) is 7.11 Å². The first kappa shape index (κ1) is 15.8. The van der Waals surface area contributed by atoms with Crippen molar-refractivity contribution in [3.63, 3.8) is 0 Å². The zero-order valence-corrected chi connectivity index (χ0v) is 13.1. The monoisotopic (exact) mass is 297 g/mol. The Morgan fingerprint density at radius 1 is 1.24 bits per heavy atom. The molecule has 1 saturated carbocycles. The maximum absolute atomic E-state index is 12.7. The number of imide groups is 1. The van der Waals surface area contributed by atoms with E-state index < -0.39 is 29.1 Å². The standard InChI is InChI=1S/C15H23NO5/c1-14(2,3)21-13(19)16-10(11(17)20-4)9-15(12(16)18)7-5-6-8-15/h10H,5-9H2,1-4H3/t10-/m0/s1. The number of likely N-dealkylation sites (tertiary alicyclic amines) is 1. The summed E-state index contributed by atoms with van der Waals surface area (Å²) < 4.78 is 10.0. The summed E-state index contributed by atoms with van der Waals surface area (Å²) in [5, 5.41) is 0. The summed E-state index contributed by atoms with van der Waals surface area (Å²) in [6.45, 7) is 5.18. The lowest BCUT2D eigenvalue weighted by Gasteiger charge is -2.26. The number of nitrogens with zero attached hydrogens (tertiary/aromatic N) is 1. The molecule has 1 aliphatic heterocycles. The van der Waals surface area contributed by atoms with E-state index in [4.69, 9.17) is 9.47 Å². The molecule has 21 heavy (non-hydrogen) atoms. The van der Waals surface area contributed by atoms with Crippen LogP contribution < -0.4 is 0 Å². The number of hydrogen-bond acceptors (Lipinski definition) is 5. The van der Waals surface area contributed by atoms with Crippen molar-refractivity contribution in [3.05, 3.63) is 0 Å². The first-order valence-corrected chi connectivity index (χ1v) is 7.35. The van der Waals surface area contributed by atoms with Gasteiger partial charge in [0.05, 0.1) is 12.5 Å². The van der Waals surface area contributed by atoms with Gasteiger partial charge < -0.3 is 9.47 Å². The number of hydrogen-bond donors (Lipinski definition) is 0. The molecule has 0 N–H and O–H groups in total. The van der Waals surface area contributed by atoms with Crippen molar-refractivity contribution in [2.75, 3.05) is 7.11 Å². The van der Waals surface area contributed by atoms with Crippen LogP contribution in [0.3, 0.4) is 0 Å². The smallest absolute Gasteiger partial charge is 0.417 e. The van der Waals surface area contributed by atoms with Gasteiger partial charge in [-0.3, -0.25) is 4.79 Å². The highest BCUT2D eigenvalue weighted by Crippen LogP contribution is 2.49. The molecule has 118 valence electrons. The van der Waals surface area contributed by atoms with E-state index in [0.717, 1.165) is 30.6 Å². The van der Waals surface area contributed by atoms with Gasteiger partial charge in [0.25, 0.3) is 0 Å². The molecule has 2 amide bonds. The highest BCUT2D eigenvalue weighted by molar-refractivity contribution is 6.02. The summed E-state index contributed by atoms with van der Waals surface area (Å²) in [4.78, 5) is 38.0. The van der Waals surface area contributed by atoms with Crippen molar-refractivity contribution in [2.45, 2.75) is 64.5 Å². The molecule has 0 aromatic carbocycles. The van der Waals surface area contributed by atoms with E-state index in [-0.39, 0.29) is 5.91 Å². The fraction of sp³-hybridized carbons (Fsp3) is 0.800. The summed E-state index contributed by atoms with van der Waals surface area (Å²) in [5.74, 6) is -0.845. The van der Waals surface area contributed by atoms with E-state index in [1.807, 2.05) is 0 Å². The molecular formula is C15H23NO5. The van der Waals surface area contributed by atoms with Crippen molar-refractivity contribution in [1.29, 1.82) is 0 Å². The van der Waals surface area contributed by atoms with Crippen molar-refractivity contribution in [3.8, 4) is 0 Å². The summed E-state index contributed by atoms with van der Waals surface area (Å²) >= 11 is 0. The van der Waals surface area contributed by atoms with E-state index in [0.29, 0.717) is 6.42 Å². The van der Waals surface area contributed by atoms with Crippen LogP contribution in [0.25, 0.3) is 0 Å². The van der Waals surface area contributed by atoms with E-state index in [1.54, 1.807) is 20.8 Å². The van der Waals surface area contributed by atoms with E-state index in [2.05, 4.69) is 0 Å². The molecule has 0 aromatic rings. The van der Waals surface area contributed by atoms with Crippen LogP contribution in [-0.2, 0) is 19.1 Å². The lowest BCUT2D eigenvalue weighted by atomic mass is 9.83. The molecule has 2 aliphatic rings. The molecule has 1 saturated heterocycles. The molecule has 2 rings (SSSR count). The van der Waals surface area contributed by atoms with E-state index >= 15 is 0 Å². The molecule has 0 radical (unpaired) electrons. The molecule has 1 aliphatic carbocycles. The SMILES string of the molecule is COC(=O)[C@@H]1CC2(CCCC2)C(=O)N1C(=O)OC(C)(C)C. The summed E-state index contributed by atoms with van der Waals surface area (Å²) in [7, 11) is 1.26. The Morgan fingerprint density at radius 3 is 2.29 bits per heavy atom. The lowest BCUT2D eigenvalue weighted by Crippen LogP contribution is -2.46. The van der Waals surface area contributed by atoms with Crippen molar-refractivity contribution in [1.82, 2.24) is 4.90 Å². The van der Waals surface area contributed by atoms with Gasteiger partial charge in [-0.2, -0.15) is 0 Å².